The molecule has 1 aliphatic heterocycles. The van der Waals surface area contributed by atoms with Crippen molar-refractivity contribution in [1.82, 2.24) is 5.32 Å². The van der Waals surface area contributed by atoms with Gasteiger partial charge in [0.1, 0.15) is 17.2 Å². The average molecular weight is 449 g/mol. The van der Waals surface area contributed by atoms with Crippen molar-refractivity contribution in [3.63, 3.8) is 0 Å². The number of hydrogen-bond donors (Lipinski definition) is 1. The number of rotatable bonds is 7. The molecular formula is C23H29FN2O4S. The molecule has 0 saturated heterocycles. The van der Waals surface area contributed by atoms with E-state index in [0.717, 1.165) is 27.4 Å². The second kappa shape index (κ2) is 8.86. The van der Waals surface area contributed by atoms with Crippen molar-refractivity contribution in [2.45, 2.75) is 51.7 Å². The van der Waals surface area contributed by atoms with Crippen molar-refractivity contribution >= 4 is 21.6 Å². The Hall–Kier alpha value is -2.61. The number of carbonyl (C=O) groups is 1. The zero-order valence-electron chi connectivity index (χ0n) is 18.3. The molecule has 8 heteroatoms. The van der Waals surface area contributed by atoms with Gasteiger partial charge in [-0.05, 0) is 51.0 Å². The van der Waals surface area contributed by atoms with Crippen LogP contribution in [0.1, 0.15) is 50.3 Å². The monoisotopic (exact) mass is 448 g/mol. The molecule has 1 amide bonds. The highest BCUT2D eigenvalue weighted by atomic mass is 32.2. The second-order valence-corrected chi connectivity index (χ2v) is 10.5. The molecule has 0 radical (unpaired) electrons. The number of amides is 1. The first-order valence-corrected chi connectivity index (χ1v) is 12.1. The van der Waals surface area contributed by atoms with Gasteiger partial charge in [0, 0.05) is 24.9 Å². The molecule has 3 rings (SSSR count). The molecule has 1 heterocycles. The van der Waals surface area contributed by atoms with Gasteiger partial charge in [-0.15, -0.1) is 0 Å². The van der Waals surface area contributed by atoms with Crippen LogP contribution in [-0.2, 0) is 14.8 Å². The van der Waals surface area contributed by atoms with Gasteiger partial charge >= 0.3 is 0 Å². The SMILES string of the molecule is Cc1ccc2c(c1)OC(C)(C)CC2NC(=O)CCCN(c1ccccc1F)S(C)(=O)=O. The molecule has 168 valence electrons. The summed E-state index contributed by atoms with van der Waals surface area (Å²) in [6, 6.07) is 11.4. The van der Waals surface area contributed by atoms with Gasteiger partial charge in [-0.1, -0.05) is 24.3 Å². The molecule has 1 aliphatic rings. The summed E-state index contributed by atoms with van der Waals surface area (Å²) < 4.78 is 45.5. The lowest BCUT2D eigenvalue weighted by molar-refractivity contribution is -0.122. The number of carbonyl (C=O) groups excluding carboxylic acids is 1. The fourth-order valence-corrected chi connectivity index (χ4v) is 4.82. The maximum absolute atomic E-state index is 14.1. The van der Waals surface area contributed by atoms with Crippen LogP contribution in [0.15, 0.2) is 42.5 Å². The van der Waals surface area contributed by atoms with Crippen LogP contribution in [0.3, 0.4) is 0 Å². The van der Waals surface area contributed by atoms with Gasteiger partial charge in [0.15, 0.2) is 0 Å². The third kappa shape index (κ3) is 5.76. The average Bonchev–Trinajstić information content (AvgIpc) is 2.64. The highest BCUT2D eigenvalue weighted by Crippen LogP contribution is 2.39. The van der Waals surface area contributed by atoms with Gasteiger partial charge in [-0.3, -0.25) is 9.10 Å². The minimum atomic E-state index is -3.68. The molecule has 0 spiro atoms. The number of sulfonamides is 1. The summed E-state index contributed by atoms with van der Waals surface area (Å²) in [5.74, 6) is -0.0331. The van der Waals surface area contributed by atoms with E-state index in [2.05, 4.69) is 5.32 Å². The molecular weight excluding hydrogens is 419 g/mol. The molecule has 2 aromatic carbocycles. The Morgan fingerprint density at radius 1 is 1.26 bits per heavy atom. The number of nitrogens with one attached hydrogen (secondary N) is 1. The Bertz CT molecular complexity index is 1070. The van der Waals surface area contributed by atoms with E-state index in [1.807, 2.05) is 39.0 Å². The van der Waals surface area contributed by atoms with Gasteiger partial charge in [0.25, 0.3) is 0 Å². The molecule has 1 atom stereocenters. The van der Waals surface area contributed by atoms with Crippen LogP contribution in [0.5, 0.6) is 5.75 Å². The fourth-order valence-electron chi connectivity index (χ4n) is 3.86. The number of ether oxygens (including phenoxy) is 1. The third-order valence-electron chi connectivity index (χ3n) is 5.25. The maximum atomic E-state index is 14.1. The normalized spacial score (nSPS) is 17.4. The molecule has 6 nitrogen and oxygen atoms in total. The maximum Gasteiger partial charge on any atom is 0.232 e. The van der Waals surface area contributed by atoms with E-state index in [0.29, 0.717) is 6.42 Å². The number of para-hydroxylation sites is 1. The Kier molecular flexibility index (Phi) is 6.59. The third-order valence-corrected chi connectivity index (χ3v) is 6.43. The molecule has 0 aliphatic carbocycles. The van der Waals surface area contributed by atoms with Gasteiger partial charge in [-0.25, -0.2) is 12.8 Å². The molecule has 0 bridgehead atoms. The van der Waals surface area contributed by atoms with Crippen LogP contribution in [0, 0.1) is 12.7 Å². The van der Waals surface area contributed by atoms with E-state index in [1.165, 1.54) is 18.2 Å². The summed E-state index contributed by atoms with van der Waals surface area (Å²) in [5.41, 5.74) is 1.58. The van der Waals surface area contributed by atoms with E-state index in [4.69, 9.17) is 4.74 Å². The Morgan fingerprint density at radius 3 is 2.65 bits per heavy atom. The zero-order valence-corrected chi connectivity index (χ0v) is 19.1. The number of anilines is 1. The number of hydrogen-bond acceptors (Lipinski definition) is 4. The number of aryl methyl sites for hydroxylation is 1. The first-order chi connectivity index (χ1) is 14.5. The van der Waals surface area contributed by atoms with Crippen molar-refractivity contribution in [3.05, 3.63) is 59.4 Å². The topological polar surface area (TPSA) is 75.7 Å². The van der Waals surface area contributed by atoms with Crippen molar-refractivity contribution in [3.8, 4) is 5.75 Å². The van der Waals surface area contributed by atoms with Crippen molar-refractivity contribution < 1.29 is 22.3 Å². The smallest absolute Gasteiger partial charge is 0.232 e. The van der Waals surface area contributed by atoms with Crippen LogP contribution in [0.25, 0.3) is 0 Å². The predicted molar refractivity (Wildman–Crippen MR) is 119 cm³/mol. The van der Waals surface area contributed by atoms with Crippen LogP contribution in [0.2, 0.25) is 0 Å². The van der Waals surface area contributed by atoms with Gasteiger partial charge in [-0.2, -0.15) is 0 Å². The van der Waals surface area contributed by atoms with Crippen molar-refractivity contribution in [1.29, 1.82) is 0 Å². The molecule has 0 saturated carbocycles. The largest absolute Gasteiger partial charge is 0.487 e. The Morgan fingerprint density at radius 2 is 1.97 bits per heavy atom. The Labute approximate surface area is 183 Å². The van der Waals surface area contributed by atoms with Crippen LogP contribution in [0.4, 0.5) is 10.1 Å². The molecule has 1 unspecified atom stereocenters. The summed E-state index contributed by atoms with van der Waals surface area (Å²) in [4.78, 5) is 12.6. The molecule has 1 N–H and O–H groups in total. The number of nitrogens with zero attached hydrogens (tertiary/aromatic N) is 1. The van der Waals surface area contributed by atoms with Crippen molar-refractivity contribution in [2.75, 3.05) is 17.1 Å². The Balaban J connectivity index is 1.66. The summed E-state index contributed by atoms with van der Waals surface area (Å²) in [5, 5.41) is 3.05. The first-order valence-electron chi connectivity index (χ1n) is 10.3. The van der Waals surface area contributed by atoms with E-state index in [1.54, 1.807) is 6.07 Å². The van der Waals surface area contributed by atoms with Gasteiger partial charge < -0.3 is 10.1 Å². The zero-order chi connectivity index (χ0) is 22.8. The number of fused-ring (bicyclic) bond motifs is 1. The molecule has 31 heavy (non-hydrogen) atoms. The number of benzene rings is 2. The van der Waals surface area contributed by atoms with E-state index >= 15 is 0 Å². The molecule has 2 aromatic rings. The highest BCUT2D eigenvalue weighted by Gasteiger charge is 2.34. The van der Waals surface area contributed by atoms with E-state index in [9.17, 15) is 17.6 Å². The summed E-state index contributed by atoms with van der Waals surface area (Å²) in [6.07, 6.45) is 2.04. The quantitative estimate of drug-likeness (QED) is 0.692. The summed E-state index contributed by atoms with van der Waals surface area (Å²) >= 11 is 0. The predicted octanol–water partition coefficient (Wildman–Crippen LogP) is 4.10. The van der Waals surface area contributed by atoms with E-state index in [-0.39, 0.29) is 37.0 Å². The second-order valence-electron chi connectivity index (χ2n) is 8.62. The fraction of sp³-hybridized carbons (Fsp3) is 0.435. The summed E-state index contributed by atoms with van der Waals surface area (Å²) in [7, 11) is -3.68. The molecule has 0 aromatic heterocycles. The van der Waals surface area contributed by atoms with Crippen LogP contribution < -0.4 is 14.4 Å². The standard InChI is InChI=1S/C23H29FN2O4S/c1-16-11-12-17-19(15-23(2,3)30-21(17)14-16)25-22(27)10-7-13-26(31(4,28)29)20-9-6-5-8-18(20)24/h5-6,8-9,11-12,14,19H,7,10,13,15H2,1-4H3,(H,25,27). The highest BCUT2D eigenvalue weighted by molar-refractivity contribution is 7.92. The minimum absolute atomic E-state index is 0.0131. The lowest BCUT2D eigenvalue weighted by Crippen LogP contribution is -2.41. The molecule has 0 fully saturated rings. The van der Waals surface area contributed by atoms with Gasteiger partial charge in [0.05, 0.1) is 18.0 Å². The minimum Gasteiger partial charge on any atom is -0.487 e. The summed E-state index contributed by atoms with van der Waals surface area (Å²) in [6.45, 7) is 5.97. The van der Waals surface area contributed by atoms with Gasteiger partial charge in [0.2, 0.25) is 15.9 Å². The van der Waals surface area contributed by atoms with E-state index < -0.39 is 21.4 Å². The van der Waals surface area contributed by atoms with Crippen LogP contribution >= 0.6 is 0 Å². The van der Waals surface area contributed by atoms with Crippen molar-refractivity contribution in [2.24, 2.45) is 0 Å². The first kappa shape index (κ1) is 23.1. The number of halogens is 1. The lowest BCUT2D eigenvalue weighted by atomic mass is 9.89. The van der Waals surface area contributed by atoms with Crippen LogP contribution in [-0.4, -0.2) is 32.7 Å². The lowest BCUT2D eigenvalue weighted by Gasteiger charge is -2.38.